The second-order valence-electron chi connectivity index (χ2n) is 7.64. The fourth-order valence-corrected chi connectivity index (χ4v) is 4.06. The molecule has 0 saturated carbocycles. The number of benzene rings is 3. The molecule has 0 saturated heterocycles. The predicted molar refractivity (Wildman–Crippen MR) is 137 cm³/mol. The largest absolute Gasteiger partial charge is 0.493 e. The van der Waals surface area contributed by atoms with Crippen molar-refractivity contribution >= 4 is 28.3 Å². The van der Waals surface area contributed by atoms with Crippen molar-refractivity contribution in [1.82, 2.24) is 4.98 Å². The number of nitrogens with zero attached hydrogens (tertiary/aromatic N) is 1. The maximum absolute atomic E-state index is 13.1. The molecule has 0 bridgehead atoms. The summed E-state index contributed by atoms with van der Waals surface area (Å²) in [7, 11) is 3.10. The lowest BCUT2D eigenvalue weighted by molar-refractivity contribution is -0.119. The van der Waals surface area contributed by atoms with Gasteiger partial charge >= 0.3 is 5.97 Å². The van der Waals surface area contributed by atoms with Crippen LogP contribution in [0.2, 0.25) is 0 Å². The molecule has 1 N–H and O–H groups in total. The normalized spacial score (nSPS) is 10.5. The Morgan fingerprint density at radius 3 is 2.46 bits per heavy atom. The molecule has 0 aliphatic heterocycles. The molecule has 0 fully saturated rings. The minimum absolute atomic E-state index is 0.136. The SMILES string of the molecule is COc1ccc(-c2csc(NC(=O)COC(=O)c3ccccc3OCc3ccc(F)cc3)n2)cc1OC. The summed E-state index contributed by atoms with van der Waals surface area (Å²) >= 11 is 1.24. The van der Waals surface area contributed by atoms with Crippen LogP contribution in [0.3, 0.4) is 0 Å². The highest BCUT2D eigenvalue weighted by molar-refractivity contribution is 7.14. The van der Waals surface area contributed by atoms with Crippen molar-refractivity contribution in [2.75, 3.05) is 26.1 Å². The van der Waals surface area contributed by atoms with E-state index in [1.807, 2.05) is 6.07 Å². The Labute approximate surface area is 216 Å². The van der Waals surface area contributed by atoms with E-state index in [4.69, 9.17) is 18.9 Å². The maximum Gasteiger partial charge on any atom is 0.342 e. The van der Waals surface area contributed by atoms with E-state index in [2.05, 4.69) is 10.3 Å². The van der Waals surface area contributed by atoms with Gasteiger partial charge in [-0.05, 0) is 48.0 Å². The second kappa shape index (κ2) is 12.0. The fraction of sp³-hybridized carbons (Fsp3) is 0.148. The van der Waals surface area contributed by atoms with E-state index >= 15 is 0 Å². The van der Waals surface area contributed by atoms with Gasteiger partial charge < -0.3 is 18.9 Å². The average molecular weight is 523 g/mol. The molecule has 0 spiro atoms. The van der Waals surface area contributed by atoms with Crippen molar-refractivity contribution in [3.63, 3.8) is 0 Å². The Bertz CT molecular complexity index is 1390. The van der Waals surface area contributed by atoms with Gasteiger partial charge in [-0.15, -0.1) is 11.3 Å². The average Bonchev–Trinajstić information content (AvgIpc) is 3.39. The highest BCUT2D eigenvalue weighted by atomic mass is 32.1. The van der Waals surface area contributed by atoms with Gasteiger partial charge in [-0.25, -0.2) is 14.2 Å². The van der Waals surface area contributed by atoms with Gasteiger partial charge in [0.1, 0.15) is 23.7 Å². The number of para-hydroxylation sites is 1. The maximum atomic E-state index is 13.1. The number of ether oxygens (including phenoxy) is 4. The molecule has 0 aliphatic carbocycles. The number of halogens is 1. The molecular formula is C27H23FN2O6S. The van der Waals surface area contributed by atoms with Crippen molar-refractivity contribution in [2.45, 2.75) is 6.61 Å². The molecule has 4 rings (SSSR count). The van der Waals surface area contributed by atoms with Crippen LogP contribution >= 0.6 is 11.3 Å². The van der Waals surface area contributed by atoms with Crippen molar-refractivity contribution in [1.29, 1.82) is 0 Å². The van der Waals surface area contributed by atoms with E-state index < -0.39 is 18.5 Å². The molecule has 37 heavy (non-hydrogen) atoms. The third kappa shape index (κ3) is 6.62. The van der Waals surface area contributed by atoms with Crippen molar-refractivity contribution in [3.05, 3.63) is 89.1 Å². The van der Waals surface area contributed by atoms with Gasteiger partial charge in [0.05, 0.1) is 19.9 Å². The van der Waals surface area contributed by atoms with Crippen molar-refractivity contribution in [2.24, 2.45) is 0 Å². The highest BCUT2D eigenvalue weighted by Gasteiger charge is 2.17. The molecule has 0 atom stereocenters. The van der Waals surface area contributed by atoms with E-state index in [9.17, 15) is 14.0 Å². The van der Waals surface area contributed by atoms with E-state index in [0.717, 1.165) is 11.1 Å². The van der Waals surface area contributed by atoms with E-state index in [-0.39, 0.29) is 23.7 Å². The number of esters is 1. The minimum Gasteiger partial charge on any atom is -0.493 e. The van der Waals surface area contributed by atoms with Gasteiger partial charge in [0.15, 0.2) is 23.2 Å². The van der Waals surface area contributed by atoms with Crippen LogP contribution in [-0.2, 0) is 16.1 Å². The zero-order chi connectivity index (χ0) is 26.2. The molecule has 10 heteroatoms. The number of carbonyl (C=O) groups excluding carboxylic acids is 2. The topological polar surface area (TPSA) is 96.0 Å². The number of rotatable bonds is 10. The molecule has 0 radical (unpaired) electrons. The predicted octanol–water partition coefficient (Wildman–Crippen LogP) is 5.34. The Morgan fingerprint density at radius 1 is 0.946 bits per heavy atom. The highest BCUT2D eigenvalue weighted by Crippen LogP contribution is 2.33. The summed E-state index contributed by atoms with van der Waals surface area (Å²) < 4.78 is 34.6. The Hall–Kier alpha value is -4.44. The molecule has 8 nitrogen and oxygen atoms in total. The number of anilines is 1. The first kappa shape index (κ1) is 25.6. The Kier molecular flexibility index (Phi) is 8.32. The zero-order valence-electron chi connectivity index (χ0n) is 20.0. The van der Waals surface area contributed by atoms with Gasteiger partial charge in [0.2, 0.25) is 0 Å². The first-order valence-corrected chi connectivity index (χ1v) is 12.0. The molecule has 1 aromatic heterocycles. The number of hydrogen-bond donors (Lipinski definition) is 1. The third-order valence-electron chi connectivity index (χ3n) is 5.18. The molecule has 3 aromatic carbocycles. The van der Waals surface area contributed by atoms with Crippen LogP contribution in [0.5, 0.6) is 17.2 Å². The number of carbonyl (C=O) groups is 2. The molecule has 0 aliphatic rings. The zero-order valence-corrected chi connectivity index (χ0v) is 20.8. The Morgan fingerprint density at radius 2 is 1.70 bits per heavy atom. The van der Waals surface area contributed by atoms with E-state index in [1.165, 1.54) is 29.5 Å². The monoisotopic (exact) mass is 522 g/mol. The first-order valence-electron chi connectivity index (χ1n) is 11.1. The van der Waals surface area contributed by atoms with Gasteiger partial charge in [0.25, 0.3) is 5.91 Å². The summed E-state index contributed by atoms with van der Waals surface area (Å²) in [6.07, 6.45) is 0. The molecule has 1 heterocycles. The van der Waals surface area contributed by atoms with Crippen LogP contribution < -0.4 is 19.5 Å². The van der Waals surface area contributed by atoms with E-state index in [0.29, 0.717) is 22.3 Å². The lowest BCUT2D eigenvalue weighted by atomic mass is 10.1. The summed E-state index contributed by atoms with van der Waals surface area (Å²) in [6.45, 7) is -0.367. The number of hydrogen-bond acceptors (Lipinski definition) is 8. The van der Waals surface area contributed by atoms with Crippen molar-refractivity contribution < 1.29 is 32.9 Å². The second-order valence-corrected chi connectivity index (χ2v) is 8.50. The summed E-state index contributed by atoms with van der Waals surface area (Å²) in [5.41, 5.74) is 2.34. The molecule has 1 amide bonds. The molecule has 0 unspecified atom stereocenters. The van der Waals surface area contributed by atoms with E-state index in [1.54, 1.807) is 62.1 Å². The summed E-state index contributed by atoms with van der Waals surface area (Å²) in [6, 6.07) is 17.8. The number of aromatic nitrogens is 1. The van der Waals surface area contributed by atoms with Crippen molar-refractivity contribution in [3.8, 4) is 28.5 Å². The number of thiazole rings is 1. The quantitative estimate of drug-likeness (QED) is 0.281. The minimum atomic E-state index is -0.713. The smallest absolute Gasteiger partial charge is 0.342 e. The van der Waals surface area contributed by atoms with Crippen LogP contribution in [0.4, 0.5) is 9.52 Å². The fourth-order valence-electron chi connectivity index (χ4n) is 3.33. The van der Waals surface area contributed by atoms with Crippen LogP contribution in [-0.4, -0.2) is 37.7 Å². The third-order valence-corrected chi connectivity index (χ3v) is 5.94. The van der Waals surface area contributed by atoms with Crippen LogP contribution in [0.25, 0.3) is 11.3 Å². The number of amides is 1. The van der Waals surface area contributed by atoms with Gasteiger partial charge in [-0.1, -0.05) is 24.3 Å². The summed E-state index contributed by atoms with van der Waals surface area (Å²) in [5.74, 6) is -0.148. The van der Waals surface area contributed by atoms with Gasteiger partial charge in [-0.2, -0.15) is 0 Å². The van der Waals surface area contributed by atoms with Gasteiger partial charge in [-0.3, -0.25) is 10.1 Å². The molecular weight excluding hydrogens is 499 g/mol. The summed E-state index contributed by atoms with van der Waals surface area (Å²) in [4.78, 5) is 29.4. The lowest BCUT2D eigenvalue weighted by Crippen LogP contribution is -2.21. The summed E-state index contributed by atoms with van der Waals surface area (Å²) in [5, 5.41) is 4.77. The van der Waals surface area contributed by atoms with Gasteiger partial charge in [0, 0.05) is 10.9 Å². The van der Waals surface area contributed by atoms with Crippen LogP contribution in [0.1, 0.15) is 15.9 Å². The lowest BCUT2D eigenvalue weighted by Gasteiger charge is -2.11. The van der Waals surface area contributed by atoms with Crippen LogP contribution in [0.15, 0.2) is 72.1 Å². The Balaban J connectivity index is 1.33. The molecule has 190 valence electrons. The number of nitrogens with one attached hydrogen (secondary N) is 1. The van der Waals surface area contributed by atoms with Crippen LogP contribution in [0, 0.1) is 5.82 Å². The number of methoxy groups -OCH3 is 2. The first-order chi connectivity index (χ1) is 18.0. The standard InChI is InChI=1S/C27H23FN2O6S/c1-33-23-12-9-18(13-24(23)34-2)21-16-37-27(29-21)30-25(31)15-36-26(32)20-5-3-4-6-22(20)35-14-17-7-10-19(28)11-8-17/h3-13,16H,14-15H2,1-2H3,(H,29,30,31). The molecule has 4 aromatic rings.